The van der Waals surface area contributed by atoms with Gasteiger partial charge in [0.1, 0.15) is 0 Å². The predicted octanol–water partition coefficient (Wildman–Crippen LogP) is 2.21. The Labute approximate surface area is 86.0 Å². The van der Waals surface area contributed by atoms with Gasteiger partial charge in [0.15, 0.2) is 0 Å². The highest BCUT2D eigenvalue weighted by Gasteiger charge is 2.57. The van der Waals surface area contributed by atoms with Crippen LogP contribution in [0.4, 0.5) is 0 Å². The molecule has 0 radical (unpaired) electrons. The molecule has 0 bridgehead atoms. The Morgan fingerprint density at radius 1 is 1.64 bits per heavy atom. The van der Waals surface area contributed by atoms with Gasteiger partial charge in [-0.3, -0.25) is 4.79 Å². The number of nitrogens with zero attached hydrogens (tertiary/aromatic N) is 1. The molecule has 0 aromatic heterocycles. The van der Waals surface area contributed by atoms with Crippen molar-refractivity contribution in [2.24, 2.45) is 11.8 Å². The molecular weight excluding hydrogens is 174 g/mol. The zero-order chi connectivity index (χ0) is 10.3. The Kier molecular flexibility index (Phi) is 2.17. The third kappa shape index (κ3) is 1.37. The topological polar surface area (TPSA) is 20.1 Å². The molecule has 0 N–H and O–H groups in total. The maximum Gasteiger partial charge on any atom is 0.246 e. The number of carbonyl (C=O) groups excluding carboxylic acids is 1. The summed E-state index contributed by atoms with van der Waals surface area (Å²) in [5.74, 6) is 1.70. The third-order valence-electron chi connectivity index (χ3n) is 3.93. The first-order chi connectivity index (χ1) is 6.59. The van der Waals surface area contributed by atoms with Crippen molar-refractivity contribution in [2.45, 2.75) is 38.6 Å². The van der Waals surface area contributed by atoms with Crippen molar-refractivity contribution < 1.29 is 4.79 Å². The van der Waals surface area contributed by atoms with Crippen LogP contribution < -0.4 is 0 Å². The molecule has 2 nitrogen and oxygen atoms in total. The Bertz CT molecular complexity index is 271. The summed E-state index contributed by atoms with van der Waals surface area (Å²) in [6, 6.07) is 0. The van der Waals surface area contributed by atoms with Crippen molar-refractivity contribution in [1.29, 1.82) is 0 Å². The average Bonchev–Trinajstić information content (AvgIpc) is 2.65. The molecule has 2 fully saturated rings. The number of hydrogen-bond donors (Lipinski definition) is 0. The SMILES string of the molecule is C=CC(=O)N1CC12CCC(C(C)C)C2. The highest BCUT2D eigenvalue weighted by atomic mass is 16.2. The average molecular weight is 193 g/mol. The van der Waals surface area contributed by atoms with E-state index in [9.17, 15) is 4.79 Å². The van der Waals surface area contributed by atoms with Crippen LogP contribution in [0.5, 0.6) is 0 Å². The van der Waals surface area contributed by atoms with E-state index in [1.54, 1.807) is 0 Å². The number of amides is 1. The van der Waals surface area contributed by atoms with Crippen LogP contribution in [0.3, 0.4) is 0 Å². The maximum absolute atomic E-state index is 11.4. The first-order valence-corrected chi connectivity index (χ1v) is 5.53. The fourth-order valence-electron chi connectivity index (χ4n) is 2.78. The van der Waals surface area contributed by atoms with Gasteiger partial charge in [0.2, 0.25) is 5.91 Å². The van der Waals surface area contributed by atoms with Gasteiger partial charge in [0.05, 0.1) is 5.54 Å². The normalized spacial score (nSPS) is 35.4. The number of rotatable bonds is 2. The Morgan fingerprint density at radius 2 is 2.36 bits per heavy atom. The quantitative estimate of drug-likeness (QED) is 0.486. The maximum atomic E-state index is 11.4. The zero-order valence-corrected chi connectivity index (χ0v) is 9.12. The van der Waals surface area contributed by atoms with E-state index in [2.05, 4.69) is 20.4 Å². The summed E-state index contributed by atoms with van der Waals surface area (Å²) in [7, 11) is 0. The second-order valence-corrected chi connectivity index (χ2v) is 5.10. The number of carbonyl (C=O) groups is 1. The molecule has 2 rings (SSSR count). The van der Waals surface area contributed by atoms with E-state index in [0.717, 1.165) is 18.4 Å². The Balaban J connectivity index is 1.97. The van der Waals surface area contributed by atoms with Crippen molar-refractivity contribution in [2.75, 3.05) is 6.54 Å². The van der Waals surface area contributed by atoms with Crippen LogP contribution in [0.2, 0.25) is 0 Å². The van der Waals surface area contributed by atoms with Crippen LogP contribution in [0, 0.1) is 11.8 Å². The monoisotopic (exact) mass is 193 g/mol. The number of hydrogen-bond acceptors (Lipinski definition) is 1. The minimum absolute atomic E-state index is 0.120. The lowest BCUT2D eigenvalue weighted by Gasteiger charge is -2.14. The van der Waals surface area contributed by atoms with Gasteiger partial charge in [-0.05, 0) is 37.2 Å². The molecule has 1 amide bonds. The molecule has 2 unspecified atom stereocenters. The van der Waals surface area contributed by atoms with Gasteiger partial charge in [-0.15, -0.1) is 0 Å². The Morgan fingerprint density at radius 3 is 2.86 bits per heavy atom. The summed E-state index contributed by atoms with van der Waals surface area (Å²) in [6.07, 6.45) is 5.15. The minimum Gasteiger partial charge on any atom is -0.329 e. The fourth-order valence-corrected chi connectivity index (χ4v) is 2.78. The standard InChI is InChI=1S/C12H19NO/c1-4-11(14)13-8-12(13)6-5-10(7-12)9(2)3/h4,9-10H,1,5-8H2,2-3H3. The van der Waals surface area contributed by atoms with Gasteiger partial charge >= 0.3 is 0 Å². The molecule has 1 heterocycles. The molecule has 1 saturated heterocycles. The van der Waals surface area contributed by atoms with Gasteiger partial charge < -0.3 is 4.90 Å². The lowest BCUT2D eigenvalue weighted by molar-refractivity contribution is -0.122. The predicted molar refractivity (Wildman–Crippen MR) is 56.8 cm³/mol. The van der Waals surface area contributed by atoms with Crippen molar-refractivity contribution in [3.8, 4) is 0 Å². The molecular formula is C12H19NO. The molecule has 2 aliphatic rings. The van der Waals surface area contributed by atoms with E-state index in [1.165, 1.54) is 25.3 Å². The second kappa shape index (κ2) is 3.11. The van der Waals surface area contributed by atoms with Crippen LogP contribution >= 0.6 is 0 Å². The van der Waals surface area contributed by atoms with Gasteiger partial charge in [-0.25, -0.2) is 0 Å². The summed E-state index contributed by atoms with van der Waals surface area (Å²) >= 11 is 0. The molecule has 0 aromatic rings. The van der Waals surface area contributed by atoms with E-state index in [1.807, 2.05) is 4.90 Å². The second-order valence-electron chi connectivity index (χ2n) is 5.10. The highest BCUT2D eigenvalue weighted by molar-refractivity contribution is 5.90. The highest BCUT2D eigenvalue weighted by Crippen LogP contribution is 2.50. The lowest BCUT2D eigenvalue weighted by atomic mass is 9.93. The van der Waals surface area contributed by atoms with Crippen molar-refractivity contribution in [3.05, 3.63) is 12.7 Å². The van der Waals surface area contributed by atoms with Crippen molar-refractivity contribution >= 4 is 5.91 Å². The molecule has 1 saturated carbocycles. The van der Waals surface area contributed by atoms with E-state index in [0.29, 0.717) is 0 Å². The van der Waals surface area contributed by atoms with E-state index < -0.39 is 0 Å². The first kappa shape index (κ1) is 9.75. The minimum atomic E-state index is 0.120. The molecule has 1 spiro atoms. The van der Waals surface area contributed by atoms with Crippen LogP contribution in [-0.2, 0) is 4.79 Å². The van der Waals surface area contributed by atoms with Gasteiger partial charge in [0, 0.05) is 6.54 Å². The Hall–Kier alpha value is -0.790. The van der Waals surface area contributed by atoms with Crippen molar-refractivity contribution in [3.63, 3.8) is 0 Å². The smallest absolute Gasteiger partial charge is 0.246 e. The summed E-state index contributed by atoms with van der Waals surface area (Å²) in [4.78, 5) is 13.4. The summed E-state index contributed by atoms with van der Waals surface area (Å²) in [6.45, 7) is 9.08. The van der Waals surface area contributed by atoms with Crippen LogP contribution in [0.25, 0.3) is 0 Å². The van der Waals surface area contributed by atoms with Crippen molar-refractivity contribution in [1.82, 2.24) is 4.90 Å². The van der Waals surface area contributed by atoms with E-state index in [4.69, 9.17) is 0 Å². The van der Waals surface area contributed by atoms with Crippen LogP contribution in [-0.4, -0.2) is 22.9 Å². The van der Waals surface area contributed by atoms with Crippen LogP contribution in [0.15, 0.2) is 12.7 Å². The van der Waals surface area contributed by atoms with Crippen LogP contribution in [0.1, 0.15) is 33.1 Å². The van der Waals surface area contributed by atoms with E-state index in [-0.39, 0.29) is 11.4 Å². The van der Waals surface area contributed by atoms with Gasteiger partial charge in [-0.1, -0.05) is 20.4 Å². The fraction of sp³-hybridized carbons (Fsp3) is 0.750. The summed E-state index contributed by atoms with van der Waals surface area (Å²) in [5, 5.41) is 0. The zero-order valence-electron chi connectivity index (χ0n) is 9.12. The molecule has 0 aromatic carbocycles. The summed E-state index contributed by atoms with van der Waals surface area (Å²) < 4.78 is 0. The third-order valence-corrected chi connectivity index (χ3v) is 3.93. The van der Waals surface area contributed by atoms with Gasteiger partial charge in [0.25, 0.3) is 0 Å². The molecule has 1 aliphatic carbocycles. The molecule has 78 valence electrons. The van der Waals surface area contributed by atoms with E-state index >= 15 is 0 Å². The molecule has 2 heteroatoms. The first-order valence-electron chi connectivity index (χ1n) is 5.53. The molecule has 14 heavy (non-hydrogen) atoms. The lowest BCUT2D eigenvalue weighted by Crippen LogP contribution is -2.19. The largest absolute Gasteiger partial charge is 0.329 e. The summed E-state index contributed by atoms with van der Waals surface area (Å²) in [5.41, 5.74) is 0.250. The molecule has 2 atom stereocenters. The molecule has 1 aliphatic heterocycles. The van der Waals surface area contributed by atoms with Gasteiger partial charge in [-0.2, -0.15) is 0 Å².